The van der Waals surface area contributed by atoms with Crippen LogP contribution in [0.4, 0.5) is 0 Å². The fourth-order valence-electron chi connectivity index (χ4n) is 2.88. The molecule has 0 amide bonds. The van der Waals surface area contributed by atoms with Crippen LogP contribution in [-0.4, -0.2) is 21.9 Å². The van der Waals surface area contributed by atoms with Crippen molar-refractivity contribution in [2.75, 3.05) is 6.54 Å². The van der Waals surface area contributed by atoms with Gasteiger partial charge in [-0.15, -0.1) is 0 Å². The molecule has 2 heterocycles. The second-order valence-corrected chi connectivity index (χ2v) is 5.83. The zero-order valence-electron chi connectivity index (χ0n) is 12.3. The molecule has 0 saturated carbocycles. The molecule has 1 atom stereocenters. The summed E-state index contributed by atoms with van der Waals surface area (Å²) in [6.45, 7) is 5.18. The first-order valence-corrected chi connectivity index (χ1v) is 7.06. The van der Waals surface area contributed by atoms with Gasteiger partial charge in [-0.1, -0.05) is 18.2 Å². The third-order valence-corrected chi connectivity index (χ3v) is 3.95. The number of benzene rings is 1. The first-order valence-electron chi connectivity index (χ1n) is 7.06. The van der Waals surface area contributed by atoms with E-state index in [2.05, 4.69) is 42.5 Å². The van der Waals surface area contributed by atoms with Crippen LogP contribution in [0.25, 0.3) is 0 Å². The number of fused-ring (bicyclic) bond motifs is 1. The Kier molecular flexibility index (Phi) is 3.26. The van der Waals surface area contributed by atoms with Gasteiger partial charge in [0.25, 0.3) is 0 Å². The molecule has 0 bridgehead atoms. The summed E-state index contributed by atoms with van der Waals surface area (Å²) in [5.74, 6) is 0.996. The van der Waals surface area contributed by atoms with Gasteiger partial charge in [-0.25, -0.2) is 0 Å². The van der Waals surface area contributed by atoms with Crippen LogP contribution in [0.3, 0.4) is 0 Å². The van der Waals surface area contributed by atoms with Gasteiger partial charge >= 0.3 is 0 Å². The van der Waals surface area contributed by atoms with Crippen molar-refractivity contribution in [3.05, 3.63) is 47.8 Å². The van der Waals surface area contributed by atoms with E-state index in [1.165, 1.54) is 11.3 Å². The minimum absolute atomic E-state index is 0.212. The number of rotatable bonds is 4. The summed E-state index contributed by atoms with van der Waals surface area (Å²) in [4.78, 5) is 0. The van der Waals surface area contributed by atoms with E-state index >= 15 is 0 Å². The van der Waals surface area contributed by atoms with Crippen LogP contribution < -0.4 is 10.1 Å². The lowest BCUT2D eigenvalue weighted by Gasteiger charge is -2.27. The Morgan fingerprint density at radius 2 is 2.10 bits per heavy atom. The van der Waals surface area contributed by atoms with Gasteiger partial charge in [0, 0.05) is 37.5 Å². The number of nitrogens with one attached hydrogen (secondary N) is 1. The van der Waals surface area contributed by atoms with Crippen molar-refractivity contribution in [3.63, 3.8) is 0 Å². The molecule has 3 rings (SSSR count). The van der Waals surface area contributed by atoms with Crippen LogP contribution in [0, 0.1) is 0 Å². The number of aryl methyl sites for hydroxylation is 1. The van der Waals surface area contributed by atoms with Crippen molar-refractivity contribution in [2.24, 2.45) is 7.05 Å². The van der Waals surface area contributed by atoms with E-state index in [1.807, 2.05) is 30.1 Å². The summed E-state index contributed by atoms with van der Waals surface area (Å²) in [7, 11) is 1.98. The quantitative estimate of drug-likeness (QED) is 0.928. The first-order chi connectivity index (χ1) is 9.58. The number of hydrogen-bond acceptors (Lipinski definition) is 3. The molecule has 2 aromatic rings. The van der Waals surface area contributed by atoms with Gasteiger partial charge in [-0.3, -0.25) is 4.68 Å². The maximum atomic E-state index is 6.04. The van der Waals surface area contributed by atoms with Crippen LogP contribution in [0.1, 0.15) is 31.1 Å². The average molecular weight is 271 g/mol. The van der Waals surface area contributed by atoms with Crippen LogP contribution in [0.5, 0.6) is 5.75 Å². The van der Waals surface area contributed by atoms with Crippen molar-refractivity contribution < 1.29 is 4.74 Å². The molecule has 106 valence electrons. The largest absolute Gasteiger partial charge is 0.486 e. The molecule has 4 heteroatoms. The molecule has 1 N–H and O–H groups in total. The maximum absolute atomic E-state index is 6.04. The predicted octanol–water partition coefficient (Wildman–Crippen LogP) is 2.46. The molecular formula is C16H21N3O. The summed E-state index contributed by atoms with van der Waals surface area (Å²) in [6.07, 6.45) is 2.80. The van der Waals surface area contributed by atoms with Crippen molar-refractivity contribution >= 4 is 0 Å². The summed E-state index contributed by atoms with van der Waals surface area (Å²) in [5, 5.41) is 7.82. The average Bonchev–Trinajstić information content (AvgIpc) is 2.91. The highest BCUT2D eigenvalue weighted by Crippen LogP contribution is 2.42. The summed E-state index contributed by atoms with van der Waals surface area (Å²) in [6, 6.07) is 10.6. The standard InChI is InChI=1S/C16H21N3O/c1-16(2)15(13-6-4-5-7-14(13)20-16)17-10-8-12-9-11-18-19(12)3/h4-7,9,11,15,17H,8,10H2,1-3H3. The topological polar surface area (TPSA) is 39.1 Å². The van der Waals surface area contributed by atoms with Crippen LogP contribution >= 0.6 is 0 Å². The number of nitrogens with zero attached hydrogens (tertiary/aromatic N) is 2. The Hall–Kier alpha value is -1.81. The molecule has 1 aliphatic heterocycles. The van der Waals surface area contributed by atoms with Crippen LogP contribution in [0.15, 0.2) is 36.5 Å². The van der Waals surface area contributed by atoms with Gasteiger partial charge in [-0.2, -0.15) is 5.10 Å². The molecule has 0 radical (unpaired) electrons. The SMILES string of the molecule is Cn1nccc1CCNC1c2ccccc2OC1(C)C. The number of ether oxygens (including phenoxy) is 1. The molecule has 1 aliphatic rings. The molecule has 0 aliphatic carbocycles. The molecule has 0 saturated heterocycles. The Morgan fingerprint density at radius 1 is 1.30 bits per heavy atom. The predicted molar refractivity (Wildman–Crippen MR) is 78.8 cm³/mol. The van der Waals surface area contributed by atoms with E-state index in [0.717, 1.165) is 18.7 Å². The smallest absolute Gasteiger partial charge is 0.125 e. The summed E-state index contributed by atoms with van der Waals surface area (Å²) >= 11 is 0. The van der Waals surface area contributed by atoms with Gasteiger partial charge in [-0.05, 0) is 26.0 Å². The second kappa shape index (κ2) is 4.94. The van der Waals surface area contributed by atoms with E-state index in [4.69, 9.17) is 4.74 Å². The maximum Gasteiger partial charge on any atom is 0.125 e. The monoisotopic (exact) mass is 271 g/mol. The normalized spacial score (nSPS) is 19.6. The molecule has 0 spiro atoms. The highest BCUT2D eigenvalue weighted by Gasteiger charge is 2.40. The first kappa shape index (κ1) is 13.2. The zero-order valence-corrected chi connectivity index (χ0v) is 12.3. The van der Waals surface area contributed by atoms with Gasteiger partial charge in [0.05, 0.1) is 6.04 Å². The Labute approximate surface area is 119 Å². The fourth-order valence-corrected chi connectivity index (χ4v) is 2.88. The number of hydrogen-bond donors (Lipinski definition) is 1. The van der Waals surface area contributed by atoms with Crippen LogP contribution in [0.2, 0.25) is 0 Å². The van der Waals surface area contributed by atoms with Gasteiger partial charge in [0.1, 0.15) is 11.4 Å². The Balaban J connectivity index is 1.69. The van der Waals surface area contributed by atoms with E-state index in [9.17, 15) is 0 Å². The van der Waals surface area contributed by atoms with Gasteiger partial charge < -0.3 is 10.1 Å². The van der Waals surface area contributed by atoms with E-state index in [0.29, 0.717) is 0 Å². The summed E-state index contributed by atoms with van der Waals surface area (Å²) < 4.78 is 7.96. The summed E-state index contributed by atoms with van der Waals surface area (Å²) in [5.41, 5.74) is 2.28. The van der Waals surface area contributed by atoms with Crippen LogP contribution in [-0.2, 0) is 13.5 Å². The molecule has 1 aromatic carbocycles. The third-order valence-electron chi connectivity index (χ3n) is 3.95. The molecule has 20 heavy (non-hydrogen) atoms. The minimum atomic E-state index is -0.212. The van der Waals surface area contributed by atoms with Crippen molar-refractivity contribution in [3.8, 4) is 5.75 Å². The Bertz CT molecular complexity index is 603. The number of aromatic nitrogens is 2. The van der Waals surface area contributed by atoms with E-state index in [-0.39, 0.29) is 11.6 Å². The number of para-hydroxylation sites is 1. The lowest BCUT2D eigenvalue weighted by atomic mass is 9.94. The molecular weight excluding hydrogens is 250 g/mol. The van der Waals surface area contributed by atoms with Crippen molar-refractivity contribution in [2.45, 2.75) is 31.9 Å². The minimum Gasteiger partial charge on any atom is -0.486 e. The zero-order chi connectivity index (χ0) is 14.2. The molecule has 1 unspecified atom stereocenters. The lowest BCUT2D eigenvalue weighted by molar-refractivity contribution is 0.0967. The second-order valence-electron chi connectivity index (χ2n) is 5.83. The lowest BCUT2D eigenvalue weighted by Crippen LogP contribution is -2.40. The molecule has 0 fully saturated rings. The molecule has 1 aromatic heterocycles. The van der Waals surface area contributed by atoms with E-state index in [1.54, 1.807) is 0 Å². The van der Waals surface area contributed by atoms with Gasteiger partial charge in [0.2, 0.25) is 0 Å². The Morgan fingerprint density at radius 3 is 2.85 bits per heavy atom. The highest BCUT2D eigenvalue weighted by atomic mass is 16.5. The van der Waals surface area contributed by atoms with Crippen molar-refractivity contribution in [1.82, 2.24) is 15.1 Å². The van der Waals surface area contributed by atoms with E-state index < -0.39 is 0 Å². The highest BCUT2D eigenvalue weighted by molar-refractivity contribution is 5.42. The fraction of sp³-hybridized carbons (Fsp3) is 0.438. The molecule has 4 nitrogen and oxygen atoms in total. The van der Waals surface area contributed by atoms with Gasteiger partial charge in [0.15, 0.2) is 0 Å². The van der Waals surface area contributed by atoms with Crippen molar-refractivity contribution in [1.29, 1.82) is 0 Å². The third kappa shape index (κ3) is 2.31.